The molecule has 1 saturated carbocycles. The van der Waals surface area contributed by atoms with E-state index in [-0.39, 0.29) is 0 Å². The van der Waals surface area contributed by atoms with E-state index >= 15 is 0 Å². The second-order valence-corrected chi connectivity index (χ2v) is 7.17. The summed E-state index contributed by atoms with van der Waals surface area (Å²) in [4.78, 5) is 5.94. The fourth-order valence-electron chi connectivity index (χ4n) is 3.19. The Morgan fingerprint density at radius 1 is 1.33 bits per heavy atom. The lowest BCUT2D eigenvalue weighted by molar-refractivity contribution is 0.228. The maximum atomic E-state index is 4.55. The average molecular weight is 266 g/mol. The highest BCUT2D eigenvalue weighted by Crippen LogP contribution is 2.30. The van der Waals surface area contributed by atoms with Crippen LogP contribution < -0.4 is 5.32 Å². The molecule has 2 nitrogen and oxygen atoms in total. The van der Waals surface area contributed by atoms with Gasteiger partial charge in [-0.1, -0.05) is 20.8 Å². The van der Waals surface area contributed by atoms with Crippen molar-refractivity contribution in [3.8, 4) is 0 Å². The van der Waals surface area contributed by atoms with Gasteiger partial charge in [-0.3, -0.25) is 0 Å². The molecule has 102 valence electrons. The summed E-state index contributed by atoms with van der Waals surface area (Å²) in [5, 5.41) is 5.03. The molecule has 0 aliphatic heterocycles. The molecular formula is C15H26N2S. The first-order valence-electron chi connectivity index (χ1n) is 7.29. The van der Waals surface area contributed by atoms with E-state index in [1.165, 1.54) is 29.1 Å². The summed E-state index contributed by atoms with van der Waals surface area (Å²) < 4.78 is 0. The maximum absolute atomic E-state index is 4.55. The molecule has 1 aromatic heterocycles. The number of hydrogen-bond donors (Lipinski definition) is 1. The van der Waals surface area contributed by atoms with E-state index in [0.29, 0.717) is 12.1 Å². The van der Waals surface area contributed by atoms with Crippen LogP contribution in [-0.2, 0) is 6.42 Å². The van der Waals surface area contributed by atoms with Crippen LogP contribution in [0.2, 0.25) is 0 Å². The van der Waals surface area contributed by atoms with Crippen molar-refractivity contribution in [2.75, 3.05) is 0 Å². The van der Waals surface area contributed by atoms with Gasteiger partial charge < -0.3 is 5.32 Å². The smallest absolute Gasteiger partial charge is 0.109 e. The summed E-state index contributed by atoms with van der Waals surface area (Å²) in [6.45, 7) is 9.21. The minimum Gasteiger partial charge on any atom is -0.305 e. The highest BCUT2D eigenvalue weighted by Gasteiger charge is 2.25. The molecule has 3 atom stereocenters. The molecule has 1 aromatic rings. The number of aromatic nitrogens is 1. The number of nitrogens with zero attached hydrogens (tertiary/aromatic N) is 1. The Morgan fingerprint density at radius 2 is 2.00 bits per heavy atom. The monoisotopic (exact) mass is 266 g/mol. The first-order chi connectivity index (χ1) is 8.58. The highest BCUT2D eigenvalue weighted by atomic mass is 32.1. The number of rotatable bonds is 4. The quantitative estimate of drug-likeness (QED) is 0.884. The first kappa shape index (κ1) is 14.0. The van der Waals surface area contributed by atoms with Gasteiger partial charge in [0.15, 0.2) is 0 Å². The molecule has 1 N–H and O–H groups in total. The predicted molar refractivity (Wildman–Crippen MR) is 79.0 cm³/mol. The molecule has 3 unspecified atom stereocenters. The second-order valence-electron chi connectivity index (χ2n) is 6.02. The molecule has 1 aliphatic rings. The minimum absolute atomic E-state index is 0.401. The normalized spacial score (nSPS) is 30.3. The third-order valence-corrected chi connectivity index (χ3v) is 5.28. The average Bonchev–Trinajstić information content (AvgIpc) is 2.75. The largest absolute Gasteiger partial charge is 0.305 e. The third-order valence-electron chi connectivity index (χ3n) is 3.95. The molecule has 0 saturated heterocycles. The van der Waals surface area contributed by atoms with Crippen LogP contribution in [0, 0.1) is 11.8 Å². The fraction of sp³-hybridized carbons (Fsp3) is 0.800. The van der Waals surface area contributed by atoms with Crippen molar-refractivity contribution in [2.45, 2.75) is 65.5 Å². The van der Waals surface area contributed by atoms with E-state index in [0.717, 1.165) is 18.3 Å². The Kier molecular flexibility index (Phi) is 4.79. The standard InChI is InChI=1S/C15H26N2S/c1-5-14-9-16-15(18-14)12(4)17-13-7-10(2)6-11(3)8-13/h9-13,17H,5-8H2,1-4H3. The van der Waals surface area contributed by atoms with Gasteiger partial charge in [-0.2, -0.15) is 0 Å². The summed E-state index contributed by atoms with van der Waals surface area (Å²) in [7, 11) is 0. The summed E-state index contributed by atoms with van der Waals surface area (Å²) in [5.41, 5.74) is 0. The molecule has 1 fully saturated rings. The van der Waals surface area contributed by atoms with Crippen LogP contribution in [0.15, 0.2) is 6.20 Å². The molecular weight excluding hydrogens is 240 g/mol. The predicted octanol–water partition coefficient (Wildman–Crippen LogP) is 4.18. The lowest BCUT2D eigenvalue weighted by Gasteiger charge is -2.33. The van der Waals surface area contributed by atoms with Crippen LogP contribution in [0.5, 0.6) is 0 Å². The van der Waals surface area contributed by atoms with Crippen molar-refractivity contribution in [3.63, 3.8) is 0 Å². The zero-order valence-corrected chi connectivity index (χ0v) is 12.9. The van der Waals surface area contributed by atoms with Gasteiger partial charge in [-0.15, -0.1) is 11.3 Å². The van der Waals surface area contributed by atoms with Crippen molar-refractivity contribution in [1.29, 1.82) is 0 Å². The van der Waals surface area contributed by atoms with E-state index in [4.69, 9.17) is 0 Å². The third kappa shape index (κ3) is 3.55. The van der Waals surface area contributed by atoms with Crippen LogP contribution >= 0.6 is 11.3 Å². The number of nitrogens with one attached hydrogen (secondary N) is 1. The number of thiazole rings is 1. The van der Waals surface area contributed by atoms with Gasteiger partial charge in [0, 0.05) is 17.1 Å². The van der Waals surface area contributed by atoms with Gasteiger partial charge in [0.1, 0.15) is 5.01 Å². The van der Waals surface area contributed by atoms with Gasteiger partial charge in [-0.05, 0) is 44.4 Å². The molecule has 0 radical (unpaired) electrons. The van der Waals surface area contributed by atoms with Crippen LogP contribution in [0.1, 0.15) is 62.9 Å². The SMILES string of the molecule is CCc1cnc(C(C)NC2CC(C)CC(C)C2)s1. The van der Waals surface area contributed by atoms with Crippen molar-refractivity contribution in [3.05, 3.63) is 16.1 Å². The molecule has 0 aromatic carbocycles. The van der Waals surface area contributed by atoms with E-state index in [1.807, 2.05) is 17.5 Å². The van der Waals surface area contributed by atoms with Crippen LogP contribution in [0.4, 0.5) is 0 Å². The Hall–Kier alpha value is -0.410. The first-order valence-corrected chi connectivity index (χ1v) is 8.10. The zero-order valence-electron chi connectivity index (χ0n) is 12.1. The topological polar surface area (TPSA) is 24.9 Å². The molecule has 0 spiro atoms. The molecule has 18 heavy (non-hydrogen) atoms. The molecule has 1 heterocycles. The van der Waals surface area contributed by atoms with Crippen LogP contribution in [0.3, 0.4) is 0 Å². The molecule has 0 amide bonds. The zero-order chi connectivity index (χ0) is 13.1. The second kappa shape index (κ2) is 6.16. The molecule has 1 aliphatic carbocycles. The number of aryl methyl sites for hydroxylation is 1. The van der Waals surface area contributed by atoms with Gasteiger partial charge in [0.25, 0.3) is 0 Å². The summed E-state index contributed by atoms with van der Waals surface area (Å²) in [6, 6.07) is 1.07. The molecule has 2 rings (SSSR count). The Labute approximate surface area is 115 Å². The van der Waals surface area contributed by atoms with Crippen molar-refractivity contribution >= 4 is 11.3 Å². The van der Waals surface area contributed by atoms with Crippen molar-refractivity contribution < 1.29 is 0 Å². The summed E-state index contributed by atoms with van der Waals surface area (Å²) >= 11 is 1.86. The Bertz CT molecular complexity index is 364. The fourth-order valence-corrected chi connectivity index (χ4v) is 4.06. The van der Waals surface area contributed by atoms with Gasteiger partial charge in [-0.25, -0.2) is 4.98 Å². The lowest BCUT2D eigenvalue weighted by Crippen LogP contribution is -2.37. The Morgan fingerprint density at radius 3 is 2.56 bits per heavy atom. The van der Waals surface area contributed by atoms with Crippen molar-refractivity contribution in [2.24, 2.45) is 11.8 Å². The lowest BCUT2D eigenvalue weighted by atomic mass is 9.80. The molecule has 3 heteroatoms. The van der Waals surface area contributed by atoms with E-state index < -0.39 is 0 Å². The van der Waals surface area contributed by atoms with Gasteiger partial charge in [0.2, 0.25) is 0 Å². The number of hydrogen-bond acceptors (Lipinski definition) is 3. The summed E-state index contributed by atoms with van der Waals surface area (Å²) in [6.07, 6.45) is 7.16. The summed E-state index contributed by atoms with van der Waals surface area (Å²) in [5.74, 6) is 1.72. The van der Waals surface area contributed by atoms with Crippen LogP contribution in [0.25, 0.3) is 0 Å². The molecule has 0 bridgehead atoms. The van der Waals surface area contributed by atoms with Crippen molar-refractivity contribution in [1.82, 2.24) is 10.3 Å². The van der Waals surface area contributed by atoms with Gasteiger partial charge in [0.05, 0.1) is 6.04 Å². The highest BCUT2D eigenvalue weighted by molar-refractivity contribution is 7.11. The van der Waals surface area contributed by atoms with E-state index in [1.54, 1.807) is 0 Å². The van der Waals surface area contributed by atoms with E-state index in [9.17, 15) is 0 Å². The minimum atomic E-state index is 0.401. The van der Waals surface area contributed by atoms with Crippen LogP contribution in [-0.4, -0.2) is 11.0 Å². The maximum Gasteiger partial charge on any atom is 0.109 e. The van der Waals surface area contributed by atoms with E-state index in [2.05, 4.69) is 38.0 Å². The Balaban J connectivity index is 1.92. The van der Waals surface area contributed by atoms with Gasteiger partial charge >= 0.3 is 0 Å².